The lowest BCUT2D eigenvalue weighted by atomic mass is 10.1. The van der Waals surface area contributed by atoms with E-state index in [1.54, 1.807) is 36.4 Å². The monoisotopic (exact) mass is 529 g/mol. The molecule has 0 aliphatic rings. The Bertz CT molecular complexity index is 1480. The second kappa shape index (κ2) is 11.4. The number of carbonyl (C=O) groups is 1. The average Bonchev–Trinajstić information content (AvgIpc) is 3.35. The highest BCUT2D eigenvalue weighted by atomic mass is 32.2. The summed E-state index contributed by atoms with van der Waals surface area (Å²) in [6, 6.07) is 12.6. The van der Waals surface area contributed by atoms with Gasteiger partial charge >= 0.3 is 0 Å². The predicted octanol–water partition coefficient (Wildman–Crippen LogP) is 3.37. The van der Waals surface area contributed by atoms with Crippen LogP contribution < -0.4 is 14.8 Å². The summed E-state index contributed by atoms with van der Waals surface area (Å²) >= 11 is 0.684. The zero-order valence-electron chi connectivity index (χ0n) is 19.0. The number of ether oxygens (including phenoxy) is 2. The number of nitriles is 1. The van der Waals surface area contributed by atoms with Crippen LogP contribution in [0.5, 0.6) is 11.5 Å². The van der Waals surface area contributed by atoms with Gasteiger partial charge in [0.05, 0.1) is 23.3 Å². The quantitative estimate of drug-likeness (QED) is 0.135. The Morgan fingerprint density at radius 3 is 2.67 bits per heavy atom. The highest BCUT2D eigenvalue weighted by Gasteiger charge is 2.20. The van der Waals surface area contributed by atoms with E-state index in [4.69, 9.17) is 9.47 Å². The Balaban J connectivity index is 1.77. The maximum absolute atomic E-state index is 12.5. The number of carbonyl (C=O) groups excluding carboxylic acids is 1. The molecule has 0 saturated heterocycles. The lowest BCUT2D eigenvalue weighted by molar-refractivity contribution is -0.385. The van der Waals surface area contributed by atoms with Gasteiger partial charge in [-0.15, -0.1) is 10.2 Å². The van der Waals surface area contributed by atoms with Crippen molar-refractivity contribution in [2.75, 3.05) is 18.2 Å². The maximum Gasteiger partial charge on any atom is 0.276 e. The largest absolute Gasteiger partial charge is 0.493 e. The zero-order chi connectivity index (χ0) is 26.3. The zero-order valence-corrected chi connectivity index (χ0v) is 20.6. The molecule has 0 saturated carbocycles. The summed E-state index contributed by atoms with van der Waals surface area (Å²) in [4.78, 5) is 23.2. The van der Waals surface area contributed by atoms with E-state index in [1.165, 1.54) is 32.2 Å². The summed E-state index contributed by atoms with van der Waals surface area (Å²) < 4.78 is 34.5. The molecular formula is C22H19N5O7S2. The Labute approximate surface area is 209 Å². The van der Waals surface area contributed by atoms with Crippen LogP contribution in [0.4, 0.5) is 10.8 Å². The normalized spacial score (nSPS) is 11.4. The fourth-order valence-electron chi connectivity index (χ4n) is 2.85. The van der Waals surface area contributed by atoms with Gasteiger partial charge in [0.25, 0.3) is 11.6 Å². The first-order valence-corrected chi connectivity index (χ1v) is 12.7. The number of benzene rings is 2. The Kier molecular flexibility index (Phi) is 8.30. The highest BCUT2D eigenvalue weighted by molar-refractivity contribution is 7.93. The molecule has 1 heterocycles. The van der Waals surface area contributed by atoms with Crippen LogP contribution >= 0.6 is 11.3 Å². The van der Waals surface area contributed by atoms with Crippen LogP contribution in [0.3, 0.4) is 0 Å². The number of hydrogen-bond donors (Lipinski definition) is 1. The van der Waals surface area contributed by atoms with Crippen LogP contribution in [0.2, 0.25) is 0 Å². The van der Waals surface area contributed by atoms with Crippen LogP contribution in [0.1, 0.15) is 18.1 Å². The fraction of sp³-hybridized carbons (Fsp3) is 0.182. The van der Waals surface area contributed by atoms with E-state index >= 15 is 0 Å². The molecule has 0 radical (unpaired) electrons. The first kappa shape index (κ1) is 26.3. The minimum Gasteiger partial charge on any atom is -0.493 e. The van der Waals surface area contributed by atoms with Crippen LogP contribution in [0, 0.1) is 21.4 Å². The molecule has 12 nitrogen and oxygen atoms in total. The van der Waals surface area contributed by atoms with E-state index in [-0.39, 0.29) is 38.8 Å². The van der Waals surface area contributed by atoms with Crippen molar-refractivity contribution in [1.82, 2.24) is 10.2 Å². The third-order valence-electron chi connectivity index (χ3n) is 4.71. The van der Waals surface area contributed by atoms with Gasteiger partial charge in [-0.3, -0.25) is 20.2 Å². The van der Waals surface area contributed by atoms with E-state index in [1.807, 2.05) is 0 Å². The number of nitro benzene ring substituents is 1. The SMILES string of the molecule is CCS(=O)(=O)c1nnc(NC(=O)C(C#N)=Cc2ccc(OCc3ccccc3[N+](=O)[O-])c(OC)c2)s1. The number of sulfone groups is 1. The lowest BCUT2D eigenvalue weighted by Gasteiger charge is -2.12. The fourth-order valence-corrected chi connectivity index (χ4v) is 4.83. The molecule has 14 heteroatoms. The molecule has 3 rings (SSSR count). The van der Waals surface area contributed by atoms with E-state index in [0.717, 1.165) is 0 Å². The smallest absolute Gasteiger partial charge is 0.276 e. The summed E-state index contributed by atoms with van der Waals surface area (Å²) in [6.45, 7) is 1.38. The third kappa shape index (κ3) is 6.20. The van der Waals surface area contributed by atoms with Gasteiger partial charge in [0.1, 0.15) is 18.2 Å². The van der Waals surface area contributed by atoms with Crippen molar-refractivity contribution in [3.8, 4) is 17.6 Å². The second-order valence-corrected chi connectivity index (χ2v) is 10.4. The highest BCUT2D eigenvalue weighted by Crippen LogP contribution is 2.31. The van der Waals surface area contributed by atoms with Crippen LogP contribution in [-0.2, 0) is 21.2 Å². The number of rotatable bonds is 10. The molecule has 0 atom stereocenters. The van der Waals surface area contributed by atoms with Crippen molar-refractivity contribution in [2.24, 2.45) is 0 Å². The van der Waals surface area contributed by atoms with Crippen molar-refractivity contribution in [1.29, 1.82) is 5.26 Å². The van der Waals surface area contributed by atoms with E-state index in [2.05, 4.69) is 15.5 Å². The molecule has 0 unspecified atom stereocenters. The van der Waals surface area contributed by atoms with Gasteiger partial charge in [-0.05, 0) is 29.8 Å². The predicted molar refractivity (Wildman–Crippen MR) is 130 cm³/mol. The molecule has 1 aromatic heterocycles. The van der Waals surface area contributed by atoms with Crippen LogP contribution in [0.25, 0.3) is 6.08 Å². The molecule has 36 heavy (non-hydrogen) atoms. The van der Waals surface area contributed by atoms with Crippen molar-refractivity contribution in [2.45, 2.75) is 17.9 Å². The van der Waals surface area contributed by atoms with E-state index < -0.39 is 20.7 Å². The van der Waals surface area contributed by atoms with Crippen molar-refractivity contribution < 1.29 is 27.6 Å². The summed E-state index contributed by atoms with van der Waals surface area (Å²) in [5, 5.41) is 30.1. The van der Waals surface area contributed by atoms with Gasteiger partial charge in [0.15, 0.2) is 11.5 Å². The van der Waals surface area contributed by atoms with E-state index in [0.29, 0.717) is 28.2 Å². The first-order chi connectivity index (χ1) is 17.2. The molecule has 0 aliphatic heterocycles. The number of hydrogen-bond acceptors (Lipinski definition) is 11. The average molecular weight is 530 g/mol. The molecule has 1 N–H and O–H groups in total. The van der Waals surface area contributed by atoms with Gasteiger partial charge in [-0.1, -0.05) is 36.5 Å². The van der Waals surface area contributed by atoms with Crippen molar-refractivity contribution >= 4 is 44.0 Å². The van der Waals surface area contributed by atoms with Gasteiger partial charge in [0, 0.05) is 6.07 Å². The Morgan fingerprint density at radius 1 is 1.25 bits per heavy atom. The maximum atomic E-state index is 12.5. The summed E-state index contributed by atoms with van der Waals surface area (Å²) in [6.07, 6.45) is 1.30. The Hall–Kier alpha value is -4.35. The molecule has 1 amide bonds. The van der Waals surface area contributed by atoms with Crippen molar-refractivity contribution in [3.63, 3.8) is 0 Å². The van der Waals surface area contributed by atoms with Gasteiger partial charge in [0.2, 0.25) is 19.3 Å². The molecular weight excluding hydrogens is 510 g/mol. The molecule has 186 valence electrons. The summed E-state index contributed by atoms with van der Waals surface area (Å²) in [7, 11) is -2.17. The number of nitrogens with zero attached hydrogens (tertiary/aromatic N) is 4. The minimum absolute atomic E-state index is 0.0653. The van der Waals surface area contributed by atoms with Gasteiger partial charge in [-0.25, -0.2) is 8.42 Å². The number of aromatic nitrogens is 2. The van der Waals surface area contributed by atoms with E-state index in [9.17, 15) is 28.6 Å². The molecule has 0 aliphatic carbocycles. The van der Waals surface area contributed by atoms with Gasteiger partial charge < -0.3 is 9.47 Å². The minimum atomic E-state index is -3.57. The third-order valence-corrected chi connectivity index (χ3v) is 7.73. The molecule has 2 aromatic carbocycles. The second-order valence-electron chi connectivity index (χ2n) is 6.99. The standard InChI is InChI=1S/C22H19N5O7S2/c1-3-36(31,32)22-26-25-21(35-22)24-20(28)16(12-23)10-14-8-9-18(19(11-14)33-2)34-13-15-6-4-5-7-17(15)27(29)30/h4-11H,3,13H2,1-2H3,(H,24,25,28). The van der Waals surface area contributed by atoms with Gasteiger partial charge in [-0.2, -0.15) is 5.26 Å². The Morgan fingerprint density at radius 2 is 2.00 bits per heavy atom. The summed E-state index contributed by atoms with van der Waals surface area (Å²) in [5.74, 6) is -0.388. The lowest BCUT2D eigenvalue weighted by Crippen LogP contribution is -2.13. The van der Waals surface area contributed by atoms with Crippen molar-refractivity contribution in [3.05, 3.63) is 69.3 Å². The van der Waals surface area contributed by atoms with Crippen LogP contribution in [-0.4, -0.2) is 42.3 Å². The number of nitrogens with one attached hydrogen (secondary N) is 1. The number of methoxy groups -OCH3 is 1. The molecule has 3 aromatic rings. The summed E-state index contributed by atoms with van der Waals surface area (Å²) in [5.41, 5.74) is 0.461. The number of amides is 1. The molecule has 0 bridgehead atoms. The topological polar surface area (TPSA) is 174 Å². The number of para-hydroxylation sites is 1. The number of anilines is 1. The molecule has 0 spiro atoms. The van der Waals surface area contributed by atoms with Crippen LogP contribution in [0.15, 0.2) is 52.4 Å². The first-order valence-electron chi connectivity index (χ1n) is 10.2. The number of nitro groups is 1. The molecule has 0 fully saturated rings.